The zero-order valence-electron chi connectivity index (χ0n) is 13.8. The van der Waals surface area contributed by atoms with Gasteiger partial charge in [-0.2, -0.15) is 0 Å². The molecule has 122 valence electrons. The topological polar surface area (TPSA) is 54.1 Å². The molecule has 1 aliphatic heterocycles. The summed E-state index contributed by atoms with van der Waals surface area (Å²) in [7, 11) is 1.44. The van der Waals surface area contributed by atoms with Gasteiger partial charge in [-0.1, -0.05) is 42.5 Å². The number of aromatic amines is 1. The lowest BCUT2D eigenvalue weighted by Crippen LogP contribution is -2.45. The molecule has 0 spiro atoms. The van der Waals surface area contributed by atoms with Crippen LogP contribution >= 0.6 is 0 Å². The molecule has 4 heteroatoms. The molecule has 1 aliphatic rings. The molecular formula is C20H20N2O2. The molecule has 4 nitrogen and oxygen atoms in total. The van der Waals surface area contributed by atoms with Crippen LogP contribution in [-0.2, 0) is 16.0 Å². The molecule has 0 unspecified atom stereocenters. The lowest BCUT2D eigenvalue weighted by Gasteiger charge is -2.31. The zero-order valence-corrected chi connectivity index (χ0v) is 13.8. The highest BCUT2D eigenvalue weighted by Gasteiger charge is 2.34. The predicted octanol–water partition coefficient (Wildman–Crippen LogP) is 3.25. The van der Waals surface area contributed by atoms with E-state index in [4.69, 9.17) is 4.74 Å². The van der Waals surface area contributed by atoms with E-state index in [-0.39, 0.29) is 18.1 Å². The number of carbonyl (C=O) groups is 1. The Hall–Kier alpha value is -2.59. The van der Waals surface area contributed by atoms with E-state index in [9.17, 15) is 4.79 Å². The summed E-state index contributed by atoms with van der Waals surface area (Å²) in [5.74, 6) is -0.218. The predicted molar refractivity (Wildman–Crippen MR) is 94.0 cm³/mol. The molecule has 2 heterocycles. The van der Waals surface area contributed by atoms with E-state index in [1.54, 1.807) is 0 Å². The number of rotatable bonds is 2. The molecule has 0 saturated carbocycles. The smallest absolute Gasteiger partial charge is 0.323 e. The number of aryl methyl sites for hydroxylation is 1. The quantitative estimate of drug-likeness (QED) is 0.713. The number of methoxy groups -OCH3 is 1. The standard InChI is InChI=1S/C20H20N2O2/c1-12-7-3-4-8-13(12)18-19-15(11-17(22-18)20(23)24-2)14-9-5-6-10-16(14)21-19/h3-10,17-18,21-22H,11H2,1-2H3/t17-,18+/m0/s1. The van der Waals surface area contributed by atoms with Crippen molar-refractivity contribution in [1.82, 2.24) is 10.3 Å². The Morgan fingerprint density at radius 2 is 1.88 bits per heavy atom. The number of nitrogens with one attached hydrogen (secondary N) is 2. The van der Waals surface area contributed by atoms with E-state index in [2.05, 4.69) is 41.5 Å². The molecule has 2 aromatic carbocycles. The van der Waals surface area contributed by atoms with Crippen LogP contribution in [0.15, 0.2) is 48.5 Å². The third-order valence-electron chi connectivity index (χ3n) is 4.90. The van der Waals surface area contributed by atoms with Crippen LogP contribution in [-0.4, -0.2) is 24.1 Å². The van der Waals surface area contributed by atoms with Crippen molar-refractivity contribution in [2.75, 3.05) is 7.11 Å². The Balaban J connectivity index is 1.90. The minimum atomic E-state index is -0.341. The molecular weight excluding hydrogens is 300 g/mol. The Kier molecular flexibility index (Phi) is 3.62. The van der Waals surface area contributed by atoms with Crippen molar-refractivity contribution in [2.24, 2.45) is 0 Å². The number of fused-ring (bicyclic) bond motifs is 3. The number of benzene rings is 2. The fourth-order valence-corrected chi connectivity index (χ4v) is 3.68. The molecule has 0 fully saturated rings. The van der Waals surface area contributed by atoms with Gasteiger partial charge in [-0.15, -0.1) is 0 Å². The first-order valence-electron chi connectivity index (χ1n) is 8.18. The number of aromatic nitrogens is 1. The molecule has 24 heavy (non-hydrogen) atoms. The van der Waals surface area contributed by atoms with Crippen molar-refractivity contribution in [3.05, 3.63) is 70.9 Å². The second-order valence-electron chi connectivity index (χ2n) is 6.30. The Morgan fingerprint density at radius 3 is 2.67 bits per heavy atom. The molecule has 0 amide bonds. The maximum absolute atomic E-state index is 12.2. The van der Waals surface area contributed by atoms with Crippen LogP contribution in [0.2, 0.25) is 0 Å². The van der Waals surface area contributed by atoms with E-state index >= 15 is 0 Å². The van der Waals surface area contributed by atoms with E-state index in [1.807, 2.05) is 24.3 Å². The number of ether oxygens (including phenoxy) is 1. The van der Waals surface area contributed by atoms with E-state index in [0.29, 0.717) is 6.42 Å². The number of para-hydroxylation sites is 1. The molecule has 0 aliphatic carbocycles. The van der Waals surface area contributed by atoms with Gasteiger partial charge in [-0.3, -0.25) is 10.1 Å². The fourth-order valence-electron chi connectivity index (χ4n) is 3.68. The van der Waals surface area contributed by atoms with Gasteiger partial charge in [0.1, 0.15) is 6.04 Å². The number of hydrogen-bond acceptors (Lipinski definition) is 3. The van der Waals surface area contributed by atoms with Gasteiger partial charge in [0.25, 0.3) is 0 Å². The second-order valence-corrected chi connectivity index (χ2v) is 6.30. The monoisotopic (exact) mass is 320 g/mol. The lowest BCUT2D eigenvalue weighted by molar-refractivity contribution is -0.143. The largest absolute Gasteiger partial charge is 0.468 e. The van der Waals surface area contributed by atoms with Gasteiger partial charge in [-0.05, 0) is 29.7 Å². The first-order chi connectivity index (χ1) is 11.7. The van der Waals surface area contributed by atoms with Gasteiger partial charge in [0, 0.05) is 23.0 Å². The first kappa shape index (κ1) is 15.0. The van der Waals surface area contributed by atoms with Crippen molar-refractivity contribution >= 4 is 16.9 Å². The molecule has 0 bridgehead atoms. The van der Waals surface area contributed by atoms with Crippen molar-refractivity contribution in [1.29, 1.82) is 0 Å². The highest BCUT2D eigenvalue weighted by atomic mass is 16.5. The fraction of sp³-hybridized carbons (Fsp3) is 0.250. The van der Waals surface area contributed by atoms with Crippen LogP contribution in [0.1, 0.15) is 28.4 Å². The zero-order chi connectivity index (χ0) is 16.7. The highest BCUT2D eigenvalue weighted by molar-refractivity contribution is 5.87. The van der Waals surface area contributed by atoms with Crippen LogP contribution < -0.4 is 5.32 Å². The van der Waals surface area contributed by atoms with Crippen LogP contribution in [0.4, 0.5) is 0 Å². The van der Waals surface area contributed by atoms with E-state index < -0.39 is 0 Å². The first-order valence-corrected chi connectivity index (χ1v) is 8.18. The Labute approximate surface area is 140 Å². The van der Waals surface area contributed by atoms with Crippen LogP contribution in [0, 0.1) is 6.92 Å². The summed E-state index contributed by atoms with van der Waals surface area (Å²) in [5, 5.41) is 4.65. The molecule has 4 rings (SSSR count). The summed E-state index contributed by atoms with van der Waals surface area (Å²) in [6.07, 6.45) is 0.633. The normalized spacial score (nSPS) is 19.9. The average Bonchev–Trinajstić information content (AvgIpc) is 2.99. The Bertz CT molecular complexity index is 913. The highest BCUT2D eigenvalue weighted by Crippen LogP contribution is 2.36. The van der Waals surface area contributed by atoms with Gasteiger partial charge in [0.15, 0.2) is 0 Å². The third kappa shape index (κ3) is 2.31. The molecule has 0 radical (unpaired) electrons. The van der Waals surface area contributed by atoms with Crippen LogP contribution in [0.3, 0.4) is 0 Å². The number of esters is 1. The molecule has 3 aromatic rings. The van der Waals surface area contributed by atoms with E-state index in [1.165, 1.54) is 29.2 Å². The summed E-state index contributed by atoms with van der Waals surface area (Å²) in [4.78, 5) is 15.8. The van der Waals surface area contributed by atoms with Gasteiger partial charge in [0.2, 0.25) is 0 Å². The van der Waals surface area contributed by atoms with Gasteiger partial charge >= 0.3 is 5.97 Å². The number of H-pyrrole nitrogens is 1. The SMILES string of the molecule is COC(=O)[C@@H]1Cc2c([nH]c3ccccc23)[C@@H](c2ccccc2C)N1. The summed E-state index contributed by atoms with van der Waals surface area (Å²) >= 11 is 0. The summed E-state index contributed by atoms with van der Waals surface area (Å²) < 4.78 is 5.00. The summed E-state index contributed by atoms with van der Waals surface area (Å²) in [6.45, 7) is 2.10. The minimum Gasteiger partial charge on any atom is -0.468 e. The van der Waals surface area contributed by atoms with Crippen molar-refractivity contribution in [3.8, 4) is 0 Å². The molecule has 0 saturated heterocycles. The van der Waals surface area contributed by atoms with Crippen LogP contribution in [0.25, 0.3) is 10.9 Å². The molecule has 2 N–H and O–H groups in total. The summed E-state index contributed by atoms with van der Waals surface area (Å²) in [5.41, 5.74) is 5.83. The van der Waals surface area contributed by atoms with Crippen molar-refractivity contribution < 1.29 is 9.53 Å². The molecule has 1 aromatic heterocycles. The van der Waals surface area contributed by atoms with Gasteiger partial charge < -0.3 is 9.72 Å². The maximum atomic E-state index is 12.2. The third-order valence-corrected chi connectivity index (χ3v) is 4.90. The van der Waals surface area contributed by atoms with Crippen molar-refractivity contribution in [3.63, 3.8) is 0 Å². The lowest BCUT2D eigenvalue weighted by atomic mass is 9.88. The van der Waals surface area contributed by atoms with Gasteiger partial charge in [-0.25, -0.2) is 0 Å². The van der Waals surface area contributed by atoms with Crippen LogP contribution in [0.5, 0.6) is 0 Å². The Morgan fingerprint density at radius 1 is 1.12 bits per heavy atom. The number of hydrogen-bond donors (Lipinski definition) is 2. The van der Waals surface area contributed by atoms with Gasteiger partial charge in [0.05, 0.1) is 13.2 Å². The average molecular weight is 320 g/mol. The second kappa shape index (κ2) is 5.80. The maximum Gasteiger partial charge on any atom is 0.323 e. The minimum absolute atomic E-state index is 0.0496. The number of carbonyl (C=O) groups excluding carboxylic acids is 1. The van der Waals surface area contributed by atoms with E-state index in [0.717, 1.165) is 11.2 Å². The van der Waals surface area contributed by atoms with Crippen molar-refractivity contribution in [2.45, 2.75) is 25.4 Å². The summed E-state index contributed by atoms with van der Waals surface area (Å²) in [6, 6.07) is 16.1. The molecule has 2 atom stereocenters.